The molecule has 1 N–H and O–H groups in total. The third-order valence-electron chi connectivity index (χ3n) is 2.71. The number of rotatable bonds is 5. The first-order chi connectivity index (χ1) is 7.78. The van der Waals surface area contributed by atoms with Gasteiger partial charge in [-0.1, -0.05) is 0 Å². The molecule has 0 spiro atoms. The van der Waals surface area contributed by atoms with E-state index < -0.39 is 0 Å². The average Bonchev–Trinajstić information content (AvgIpc) is 2.24. The van der Waals surface area contributed by atoms with Crippen LogP contribution in [0.25, 0.3) is 0 Å². The molecule has 88 valence electrons. The Hall–Kier alpha value is -0.680. The summed E-state index contributed by atoms with van der Waals surface area (Å²) in [5, 5.41) is 3.24. The number of likely N-dealkylation sites (tertiary alicyclic amines) is 1. The van der Waals surface area contributed by atoms with Crippen molar-refractivity contribution in [2.75, 3.05) is 38.2 Å². The van der Waals surface area contributed by atoms with Gasteiger partial charge in [0.15, 0.2) is 0 Å². The minimum Gasteiger partial charge on any atom is -0.369 e. The standard InChI is InChI=1S/C11H15BrFN3/c12-10-1-2-11(15-6-10)14-3-4-16-7-9(5-13)8-16/h1-2,6,9H,3-5,7-8H2,(H,14,15). The monoisotopic (exact) mass is 287 g/mol. The summed E-state index contributed by atoms with van der Waals surface area (Å²) in [6.07, 6.45) is 1.77. The van der Waals surface area contributed by atoms with Gasteiger partial charge in [-0.3, -0.25) is 4.39 Å². The fraction of sp³-hybridized carbons (Fsp3) is 0.545. The van der Waals surface area contributed by atoms with E-state index in [0.29, 0.717) is 0 Å². The van der Waals surface area contributed by atoms with E-state index in [1.165, 1.54) is 0 Å². The van der Waals surface area contributed by atoms with Crippen LogP contribution in [0.5, 0.6) is 0 Å². The quantitative estimate of drug-likeness (QED) is 0.900. The Labute approximate surface area is 103 Å². The van der Waals surface area contributed by atoms with E-state index in [9.17, 15) is 4.39 Å². The van der Waals surface area contributed by atoms with Crippen molar-refractivity contribution < 1.29 is 4.39 Å². The number of hydrogen-bond donors (Lipinski definition) is 1. The number of alkyl halides is 1. The molecule has 1 aromatic rings. The Morgan fingerprint density at radius 1 is 1.50 bits per heavy atom. The summed E-state index contributed by atoms with van der Waals surface area (Å²) in [7, 11) is 0. The lowest BCUT2D eigenvalue weighted by molar-refractivity contribution is 0.0855. The molecule has 1 fully saturated rings. The zero-order valence-corrected chi connectivity index (χ0v) is 10.6. The van der Waals surface area contributed by atoms with Gasteiger partial charge in [-0.2, -0.15) is 0 Å². The van der Waals surface area contributed by atoms with E-state index in [0.717, 1.165) is 36.5 Å². The second-order valence-corrected chi connectivity index (χ2v) is 4.98. The first-order valence-electron chi connectivity index (χ1n) is 5.41. The fourth-order valence-corrected chi connectivity index (χ4v) is 2.01. The third-order valence-corrected chi connectivity index (χ3v) is 3.18. The van der Waals surface area contributed by atoms with Gasteiger partial charge in [0.1, 0.15) is 5.82 Å². The Bertz CT molecular complexity index is 325. The van der Waals surface area contributed by atoms with Crippen molar-refractivity contribution in [1.82, 2.24) is 9.88 Å². The molecule has 0 unspecified atom stereocenters. The number of halogens is 2. The summed E-state index contributed by atoms with van der Waals surface area (Å²) in [5.41, 5.74) is 0. The van der Waals surface area contributed by atoms with Crippen LogP contribution in [0.15, 0.2) is 22.8 Å². The number of aromatic nitrogens is 1. The van der Waals surface area contributed by atoms with Crippen molar-refractivity contribution in [2.45, 2.75) is 0 Å². The van der Waals surface area contributed by atoms with Crippen LogP contribution in [0, 0.1) is 5.92 Å². The molecule has 0 saturated carbocycles. The molecule has 1 aliphatic rings. The molecule has 0 aromatic carbocycles. The summed E-state index contributed by atoms with van der Waals surface area (Å²) in [5.74, 6) is 1.15. The normalized spacial score (nSPS) is 17.1. The molecule has 16 heavy (non-hydrogen) atoms. The first-order valence-corrected chi connectivity index (χ1v) is 6.21. The molecule has 1 saturated heterocycles. The molecule has 0 aliphatic carbocycles. The molecule has 0 bridgehead atoms. The molecule has 0 amide bonds. The van der Waals surface area contributed by atoms with Crippen molar-refractivity contribution in [1.29, 1.82) is 0 Å². The topological polar surface area (TPSA) is 28.2 Å². The third kappa shape index (κ3) is 3.15. The van der Waals surface area contributed by atoms with Gasteiger partial charge in [0.05, 0.1) is 6.67 Å². The lowest BCUT2D eigenvalue weighted by Gasteiger charge is -2.37. The summed E-state index contributed by atoms with van der Waals surface area (Å²) >= 11 is 3.34. The number of nitrogens with zero attached hydrogens (tertiary/aromatic N) is 2. The Kier molecular flexibility index (Phi) is 4.12. The number of anilines is 1. The van der Waals surface area contributed by atoms with Crippen molar-refractivity contribution in [3.8, 4) is 0 Å². The highest BCUT2D eigenvalue weighted by Gasteiger charge is 2.25. The van der Waals surface area contributed by atoms with Crippen LogP contribution < -0.4 is 5.32 Å². The predicted molar refractivity (Wildman–Crippen MR) is 66.3 cm³/mol. The molecule has 5 heteroatoms. The highest BCUT2D eigenvalue weighted by Crippen LogP contribution is 2.15. The second kappa shape index (κ2) is 5.59. The molecule has 0 atom stereocenters. The molecular formula is C11H15BrFN3. The van der Waals surface area contributed by atoms with Gasteiger partial charge in [0.2, 0.25) is 0 Å². The smallest absolute Gasteiger partial charge is 0.126 e. The largest absolute Gasteiger partial charge is 0.369 e. The molecule has 1 aromatic heterocycles. The van der Waals surface area contributed by atoms with E-state index in [-0.39, 0.29) is 12.6 Å². The van der Waals surface area contributed by atoms with Gasteiger partial charge in [-0.05, 0) is 28.1 Å². The van der Waals surface area contributed by atoms with Gasteiger partial charge < -0.3 is 10.2 Å². The minimum atomic E-state index is -0.182. The Balaban J connectivity index is 1.63. The minimum absolute atomic E-state index is 0.182. The van der Waals surface area contributed by atoms with Crippen LogP contribution in [0.1, 0.15) is 0 Å². The fourth-order valence-electron chi connectivity index (χ4n) is 1.78. The zero-order chi connectivity index (χ0) is 11.4. The summed E-state index contributed by atoms with van der Waals surface area (Å²) in [6.45, 7) is 3.41. The molecular weight excluding hydrogens is 273 g/mol. The summed E-state index contributed by atoms with van der Waals surface area (Å²) in [4.78, 5) is 6.46. The van der Waals surface area contributed by atoms with Gasteiger partial charge in [0, 0.05) is 42.8 Å². The van der Waals surface area contributed by atoms with Crippen LogP contribution in [0.4, 0.5) is 10.2 Å². The lowest BCUT2D eigenvalue weighted by atomic mass is 10.0. The second-order valence-electron chi connectivity index (χ2n) is 4.07. The van der Waals surface area contributed by atoms with Gasteiger partial charge in [-0.25, -0.2) is 4.98 Å². The Morgan fingerprint density at radius 3 is 2.94 bits per heavy atom. The molecule has 2 rings (SSSR count). The van der Waals surface area contributed by atoms with Crippen molar-refractivity contribution in [3.63, 3.8) is 0 Å². The van der Waals surface area contributed by atoms with Crippen molar-refractivity contribution in [2.24, 2.45) is 5.92 Å². The maximum atomic E-state index is 12.2. The van der Waals surface area contributed by atoms with E-state index in [1.807, 2.05) is 12.1 Å². The van der Waals surface area contributed by atoms with Crippen molar-refractivity contribution in [3.05, 3.63) is 22.8 Å². The van der Waals surface area contributed by atoms with Crippen LogP contribution in [-0.4, -0.2) is 42.7 Å². The Morgan fingerprint density at radius 2 is 2.31 bits per heavy atom. The SMILES string of the molecule is FCC1CN(CCNc2ccc(Br)cn2)C1. The van der Waals surface area contributed by atoms with E-state index in [1.54, 1.807) is 6.20 Å². The van der Waals surface area contributed by atoms with Crippen LogP contribution in [-0.2, 0) is 0 Å². The zero-order valence-electron chi connectivity index (χ0n) is 9.00. The van der Waals surface area contributed by atoms with Crippen LogP contribution in [0.3, 0.4) is 0 Å². The van der Waals surface area contributed by atoms with Gasteiger partial charge >= 0.3 is 0 Å². The first kappa shape index (κ1) is 11.8. The maximum Gasteiger partial charge on any atom is 0.126 e. The number of nitrogens with one attached hydrogen (secondary N) is 1. The van der Waals surface area contributed by atoms with Gasteiger partial charge in [-0.15, -0.1) is 0 Å². The maximum absolute atomic E-state index is 12.2. The lowest BCUT2D eigenvalue weighted by Crippen LogP contribution is -2.49. The van der Waals surface area contributed by atoms with E-state index in [4.69, 9.17) is 0 Å². The van der Waals surface area contributed by atoms with E-state index in [2.05, 4.69) is 31.1 Å². The van der Waals surface area contributed by atoms with E-state index >= 15 is 0 Å². The highest BCUT2D eigenvalue weighted by molar-refractivity contribution is 9.10. The average molecular weight is 288 g/mol. The molecule has 1 aliphatic heterocycles. The molecule has 0 radical (unpaired) electrons. The van der Waals surface area contributed by atoms with Crippen LogP contribution >= 0.6 is 15.9 Å². The number of hydrogen-bond acceptors (Lipinski definition) is 3. The van der Waals surface area contributed by atoms with Crippen LogP contribution in [0.2, 0.25) is 0 Å². The summed E-state index contributed by atoms with van der Waals surface area (Å²) < 4.78 is 13.2. The van der Waals surface area contributed by atoms with Crippen molar-refractivity contribution >= 4 is 21.7 Å². The summed E-state index contributed by atoms with van der Waals surface area (Å²) in [6, 6.07) is 3.89. The highest BCUT2D eigenvalue weighted by atomic mass is 79.9. The number of pyridine rings is 1. The predicted octanol–water partition coefficient (Wildman–Crippen LogP) is 2.16. The molecule has 2 heterocycles. The molecule has 3 nitrogen and oxygen atoms in total. The van der Waals surface area contributed by atoms with Gasteiger partial charge in [0.25, 0.3) is 0 Å².